The Labute approximate surface area is 261 Å². The molecule has 1 aliphatic rings. The fraction of sp³-hybridized carbons (Fsp3) is 0.0476. The van der Waals surface area contributed by atoms with Gasteiger partial charge in [0.1, 0.15) is 0 Å². The molecule has 0 radical (unpaired) electrons. The van der Waals surface area contributed by atoms with Crippen molar-refractivity contribution >= 4 is 53.7 Å². The third-order valence-electron chi connectivity index (χ3n) is 9.53. The molecule has 208 valence electrons. The SMILES string of the molecule is CN(c1cccc(C2(c3ccccc3)c3ccccc3-c3ccccc32)c1)c1ccc2sc3cc4ccccc4cc3c2c1. The van der Waals surface area contributed by atoms with Gasteiger partial charge < -0.3 is 4.90 Å². The molecule has 0 unspecified atom stereocenters. The predicted octanol–water partition coefficient (Wildman–Crippen LogP) is 11.3. The predicted molar refractivity (Wildman–Crippen MR) is 189 cm³/mol. The maximum atomic E-state index is 2.40. The van der Waals surface area contributed by atoms with Crippen LogP contribution in [0.4, 0.5) is 11.4 Å². The lowest BCUT2D eigenvalue weighted by Gasteiger charge is -2.34. The Hall–Kier alpha value is -5.18. The lowest BCUT2D eigenvalue weighted by molar-refractivity contribution is 0.768. The van der Waals surface area contributed by atoms with Gasteiger partial charge in [0.15, 0.2) is 0 Å². The quantitative estimate of drug-likeness (QED) is 0.200. The summed E-state index contributed by atoms with van der Waals surface area (Å²) in [5.41, 5.74) is 9.82. The number of benzene rings is 7. The van der Waals surface area contributed by atoms with Crippen LogP contribution in [0.15, 0.2) is 158 Å². The minimum Gasteiger partial charge on any atom is -0.345 e. The molecule has 44 heavy (non-hydrogen) atoms. The Morgan fingerprint density at radius 2 is 1.05 bits per heavy atom. The molecule has 0 saturated carbocycles. The van der Waals surface area contributed by atoms with Gasteiger partial charge in [-0.15, -0.1) is 11.3 Å². The molecule has 7 aromatic carbocycles. The highest BCUT2D eigenvalue weighted by molar-refractivity contribution is 7.25. The first-order chi connectivity index (χ1) is 21.7. The van der Waals surface area contributed by atoms with E-state index in [9.17, 15) is 0 Å². The van der Waals surface area contributed by atoms with Gasteiger partial charge in [-0.3, -0.25) is 0 Å². The molecule has 0 saturated heterocycles. The molecule has 1 nitrogen and oxygen atoms in total. The van der Waals surface area contributed by atoms with Crippen LogP contribution in [0.3, 0.4) is 0 Å². The van der Waals surface area contributed by atoms with Gasteiger partial charge in [-0.1, -0.05) is 115 Å². The zero-order valence-electron chi connectivity index (χ0n) is 24.4. The van der Waals surface area contributed by atoms with Crippen LogP contribution in [0.1, 0.15) is 22.3 Å². The van der Waals surface area contributed by atoms with Crippen LogP contribution in [0.5, 0.6) is 0 Å². The first-order valence-corrected chi connectivity index (χ1v) is 16.0. The van der Waals surface area contributed by atoms with E-state index in [1.807, 2.05) is 11.3 Å². The Morgan fingerprint density at radius 3 is 1.80 bits per heavy atom. The van der Waals surface area contributed by atoms with Crippen molar-refractivity contribution in [2.24, 2.45) is 0 Å². The molecular weight excluding hydrogens is 551 g/mol. The summed E-state index contributed by atoms with van der Waals surface area (Å²) in [7, 11) is 2.19. The van der Waals surface area contributed by atoms with E-state index in [2.05, 4.69) is 170 Å². The topological polar surface area (TPSA) is 3.24 Å². The van der Waals surface area contributed by atoms with Crippen molar-refractivity contribution in [3.05, 3.63) is 180 Å². The molecule has 1 aliphatic carbocycles. The first kappa shape index (κ1) is 25.3. The Balaban J connectivity index is 1.22. The van der Waals surface area contributed by atoms with Crippen molar-refractivity contribution in [2.75, 3.05) is 11.9 Å². The van der Waals surface area contributed by atoms with E-state index in [-0.39, 0.29) is 0 Å². The van der Waals surface area contributed by atoms with Crippen LogP contribution in [-0.2, 0) is 5.41 Å². The van der Waals surface area contributed by atoms with Crippen molar-refractivity contribution in [1.82, 2.24) is 0 Å². The molecule has 0 spiro atoms. The summed E-state index contributed by atoms with van der Waals surface area (Å²) in [5.74, 6) is 0. The molecule has 0 amide bonds. The summed E-state index contributed by atoms with van der Waals surface area (Å²) in [6.07, 6.45) is 0. The highest BCUT2D eigenvalue weighted by atomic mass is 32.1. The first-order valence-electron chi connectivity index (χ1n) is 15.2. The third kappa shape index (κ3) is 3.58. The lowest BCUT2D eigenvalue weighted by Crippen LogP contribution is -2.28. The standard InChI is InChI=1S/C42H29NS/c1-43(33-22-23-40-37(27-33)36-24-28-12-5-6-13-29(28)25-41(36)44-40)32-17-11-16-31(26-32)42(30-14-3-2-4-15-30)38-20-9-7-18-34(38)35-19-8-10-21-39(35)42/h2-27H,1H3. The fourth-order valence-corrected chi connectivity index (χ4v) is 8.58. The van der Waals surface area contributed by atoms with Gasteiger partial charge in [-0.2, -0.15) is 0 Å². The maximum absolute atomic E-state index is 2.40. The van der Waals surface area contributed by atoms with E-state index in [4.69, 9.17) is 0 Å². The van der Waals surface area contributed by atoms with Crippen LogP contribution in [-0.4, -0.2) is 7.05 Å². The van der Waals surface area contributed by atoms with Gasteiger partial charge in [0.2, 0.25) is 0 Å². The summed E-state index contributed by atoms with van der Waals surface area (Å²) in [6, 6.07) is 58.3. The molecular formula is C42H29NS. The molecule has 0 atom stereocenters. The van der Waals surface area contributed by atoms with Crippen LogP contribution in [0.2, 0.25) is 0 Å². The Morgan fingerprint density at radius 1 is 0.455 bits per heavy atom. The molecule has 9 rings (SSSR count). The van der Waals surface area contributed by atoms with E-state index >= 15 is 0 Å². The lowest BCUT2D eigenvalue weighted by atomic mass is 9.67. The minimum atomic E-state index is -0.403. The van der Waals surface area contributed by atoms with Gasteiger partial charge in [0, 0.05) is 38.6 Å². The molecule has 0 bridgehead atoms. The zero-order chi connectivity index (χ0) is 29.3. The number of thiophene rings is 1. The van der Waals surface area contributed by atoms with Crippen molar-refractivity contribution in [2.45, 2.75) is 5.41 Å². The summed E-state index contributed by atoms with van der Waals surface area (Å²) in [4.78, 5) is 2.33. The number of hydrogen-bond donors (Lipinski definition) is 0. The summed E-state index contributed by atoms with van der Waals surface area (Å²) < 4.78 is 2.66. The average molecular weight is 580 g/mol. The van der Waals surface area contributed by atoms with Crippen molar-refractivity contribution in [3.63, 3.8) is 0 Å². The van der Waals surface area contributed by atoms with Crippen LogP contribution >= 0.6 is 11.3 Å². The second kappa shape index (κ2) is 9.67. The summed E-state index contributed by atoms with van der Waals surface area (Å²) >= 11 is 1.88. The zero-order valence-corrected chi connectivity index (χ0v) is 25.2. The minimum absolute atomic E-state index is 0.403. The molecule has 0 fully saturated rings. The normalized spacial score (nSPS) is 13.3. The number of nitrogens with zero attached hydrogens (tertiary/aromatic N) is 1. The largest absolute Gasteiger partial charge is 0.345 e. The Kier molecular flexibility index (Phi) is 5.57. The third-order valence-corrected chi connectivity index (χ3v) is 10.7. The molecule has 1 heterocycles. The van der Waals surface area contributed by atoms with Gasteiger partial charge in [0.05, 0.1) is 5.41 Å². The van der Waals surface area contributed by atoms with Crippen LogP contribution in [0.25, 0.3) is 42.1 Å². The monoisotopic (exact) mass is 579 g/mol. The molecule has 0 N–H and O–H groups in total. The smallest absolute Gasteiger partial charge is 0.0714 e. The summed E-state index contributed by atoms with van der Waals surface area (Å²) in [6.45, 7) is 0. The van der Waals surface area contributed by atoms with Crippen molar-refractivity contribution in [1.29, 1.82) is 0 Å². The van der Waals surface area contributed by atoms with Crippen LogP contribution < -0.4 is 4.90 Å². The molecule has 8 aromatic rings. The maximum Gasteiger partial charge on any atom is 0.0714 e. The van der Waals surface area contributed by atoms with Gasteiger partial charge in [0.25, 0.3) is 0 Å². The van der Waals surface area contributed by atoms with E-state index in [1.54, 1.807) is 0 Å². The highest BCUT2D eigenvalue weighted by Gasteiger charge is 2.45. The van der Waals surface area contributed by atoms with E-state index in [1.165, 1.54) is 75.7 Å². The van der Waals surface area contributed by atoms with Gasteiger partial charge in [-0.25, -0.2) is 0 Å². The van der Waals surface area contributed by atoms with E-state index < -0.39 is 5.41 Å². The Bertz CT molecular complexity index is 2320. The van der Waals surface area contributed by atoms with Gasteiger partial charge in [-0.05, 0) is 86.6 Å². The molecule has 2 heteroatoms. The van der Waals surface area contributed by atoms with Crippen molar-refractivity contribution < 1.29 is 0 Å². The average Bonchev–Trinajstić information content (AvgIpc) is 3.60. The van der Waals surface area contributed by atoms with E-state index in [0.717, 1.165) is 0 Å². The van der Waals surface area contributed by atoms with Crippen LogP contribution in [0, 0.1) is 0 Å². The fourth-order valence-electron chi connectivity index (χ4n) is 7.47. The number of hydrogen-bond acceptors (Lipinski definition) is 2. The van der Waals surface area contributed by atoms with Crippen molar-refractivity contribution in [3.8, 4) is 11.1 Å². The molecule has 0 aliphatic heterocycles. The number of anilines is 2. The second-order valence-corrected chi connectivity index (χ2v) is 12.9. The van der Waals surface area contributed by atoms with Gasteiger partial charge >= 0.3 is 0 Å². The molecule has 1 aromatic heterocycles. The number of fused-ring (bicyclic) bond motifs is 7. The highest BCUT2D eigenvalue weighted by Crippen LogP contribution is 2.56. The second-order valence-electron chi connectivity index (χ2n) is 11.8. The number of rotatable bonds is 4. The van der Waals surface area contributed by atoms with E-state index in [0.29, 0.717) is 0 Å². The summed E-state index contributed by atoms with van der Waals surface area (Å²) in [5, 5.41) is 5.23.